The number of likely N-dealkylation sites (N-methyl/N-ethyl adjacent to an activating group) is 1. The minimum absolute atomic E-state index is 0. The Morgan fingerprint density at radius 2 is 1.79 bits per heavy atom. The zero-order valence-corrected chi connectivity index (χ0v) is 18.3. The molecule has 29 heavy (non-hydrogen) atoms. The van der Waals surface area contributed by atoms with E-state index < -0.39 is 6.04 Å². The molecule has 1 aliphatic heterocycles. The highest BCUT2D eigenvalue weighted by molar-refractivity contribution is 6.00. The lowest BCUT2D eigenvalue weighted by atomic mass is 10.0. The molecule has 0 spiro atoms. The number of halogens is 1. The van der Waals surface area contributed by atoms with Crippen molar-refractivity contribution in [1.29, 1.82) is 0 Å². The van der Waals surface area contributed by atoms with Gasteiger partial charge in [-0.15, -0.1) is 12.4 Å². The first-order valence-electron chi connectivity index (χ1n) is 9.84. The van der Waals surface area contributed by atoms with Crippen LogP contribution in [0.5, 0.6) is 0 Å². The summed E-state index contributed by atoms with van der Waals surface area (Å²) in [7, 11) is 1.74. The van der Waals surface area contributed by atoms with E-state index in [2.05, 4.69) is 42.7 Å². The molecule has 0 bridgehead atoms. The summed E-state index contributed by atoms with van der Waals surface area (Å²) >= 11 is 0. The third-order valence-electron chi connectivity index (χ3n) is 5.65. The van der Waals surface area contributed by atoms with Crippen LogP contribution in [0.3, 0.4) is 0 Å². The molecule has 2 atom stereocenters. The molecule has 2 N–H and O–H groups in total. The molecule has 6 heteroatoms. The van der Waals surface area contributed by atoms with Gasteiger partial charge in [0, 0.05) is 5.69 Å². The van der Waals surface area contributed by atoms with Crippen molar-refractivity contribution in [2.75, 3.05) is 11.9 Å². The Balaban J connectivity index is 0.00000300. The molecule has 1 aliphatic rings. The van der Waals surface area contributed by atoms with E-state index in [1.54, 1.807) is 14.0 Å². The van der Waals surface area contributed by atoms with Crippen LogP contribution in [0.1, 0.15) is 35.6 Å². The number of fused-ring (bicyclic) bond motifs is 1. The molecule has 2 aromatic carbocycles. The quantitative estimate of drug-likeness (QED) is 0.787. The van der Waals surface area contributed by atoms with Crippen molar-refractivity contribution in [2.45, 2.75) is 52.2 Å². The fraction of sp³-hybridized carbons (Fsp3) is 0.391. The van der Waals surface area contributed by atoms with E-state index in [0.29, 0.717) is 13.0 Å². The van der Waals surface area contributed by atoms with Crippen LogP contribution < -0.4 is 15.5 Å². The van der Waals surface area contributed by atoms with Crippen molar-refractivity contribution >= 4 is 29.9 Å². The number of para-hydroxylation sites is 1. The van der Waals surface area contributed by atoms with Crippen molar-refractivity contribution in [3.05, 3.63) is 64.7 Å². The molecule has 0 saturated heterocycles. The van der Waals surface area contributed by atoms with E-state index in [9.17, 15) is 9.59 Å². The zero-order chi connectivity index (χ0) is 20.3. The Hall–Kier alpha value is -2.37. The van der Waals surface area contributed by atoms with E-state index in [4.69, 9.17) is 0 Å². The number of aryl methyl sites for hydroxylation is 3. The fourth-order valence-electron chi connectivity index (χ4n) is 3.70. The van der Waals surface area contributed by atoms with Crippen molar-refractivity contribution in [1.82, 2.24) is 10.6 Å². The van der Waals surface area contributed by atoms with Gasteiger partial charge in [-0.05, 0) is 69.0 Å². The van der Waals surface area contributed by atoms with E-state index in [0.717, 1.165) is 23.2 Å². The summed E-state index contributed by atoms with van der Waals surface area (Å²) in [5, 5.41) is 5.88. The highest BCUT2D eigenvalue weighted by atomic mass is 35.5. The molecule has 0 unspecified atom stereocenters. The van der Waals surface area contributed by atoms with Gasteiger partial charge in [-0.2, -0.15) is 0 Å². The second-order valence-electron chi connectivity index (χ2n) is 7.53. The number of nitrogens with one attached hydrogen (secondary N) is 2. The Kier molecular flexibility index (Phi) is 7.82. The molecule has 5 nitrogen and oxygen atoms in total. The molecule has 2 amide bonds. The normalized spacial score (nSPS) is 17.0. The SMILES string of the molecule is CN[C@@H](C)C(=O)N[C@H]1CCc2ccccc2N(Cc2c(C)cccc2C)C1=O.Cl. The van der Waals surface area contributed by atoms with E-state index in [1.807, 2.05) is 29.2 Å². The van der Waals surface area contributed by atoms with Gasteiger partial charge in [0.25, 0.3) is 0 Å². The van der Waals surface area contributed by atoms with Crippen LogP contribution in [0.15, 0.2) is 42.5 Å². The molecule has 3 rings (SSSR count). The molecule has 0 aliphatic carbocycles. The molecule has 2 aromatic rings. The van der Waals surface area contributed by atoms with Gasteiger partial charge < -0.3 is 15.5 Å². The van der Waals surface area contributed by atoms with Crippen molar-refractivity contribution < 1.29 is 9.59 Å². The van der Waals surface area contributed by atoms with Crippen LogP contribution in [0.4, 0.5) is 5.69 Å². The number of rotatable bonds is 5. The highest BCUT2D eigenvalue weighted by Crippen LogP contribution is 2.29. The van der Waals surface area contributed by atoms with Crippen LogP contribution in [0.2, 0.25) is 0 Å². The molecular formula is C23H30ClN3O2. The predicted octanol–water partition coefficient (Wildman–Crippen LogP) is 3.30. The molecule has 156 valence electrons. The first kappa shape index (κ1) is 22.9. The number of anilines is 1. The zero-order valence-electron chi connectivity index (χ0n) is 17.5. The first-order chi connectivity index (χ1) is 13.4. The minimum atomic E-state index is -0.528. The lowest BCUT2D eigenvalue weighted by Crippen LogP contribution is -2.52. The summed E-state index contributed by atoms with van der Waals surface area (Å²) in [6.45, 7) is 6.44. The number of nitrogens with zero attached hydrogens (tertiary/aromatic N) is 1. The van der Waals surface area contributed by atoms with E-state index in [1.165, 1.54) is 11.1 Å². The van der Waals surface area contributed by atoms with Gasteiger partial charge in [-0.25, -0.2) is 0 Å². The van der Waals surface area contributed by atoms with Crippen molar-refractivity contribution in [3.8, 4) is 0 Å². The van der Waals surface area contributed by atoms with Crippen LogP contribution in [0.25, 0.3) is 0 Å². The molecular weight excluding hydrogens is 386 g/mol. The third kappa shape index (κ3) is 4.98. The van der Waals surface area contributed by atoms with Crippen molar-refractivity contribution in [3.63, 3.8) is 0 Å². The summed E-state index contributed by atoms with van der Waals surface area (Å²) in [4.78, 5) is 27.7. The number of amides is 2. The van der Waals surface area contributed by atoms with Gasteiger partial charge in [0.05, 0.1) is 12.6 Å². The number of hydrogen-bond acceptors (Lipinski definition) is 3. The number of carbonyl (C=O) groups excluding carboxylic acids is 2. The second-order valence-corrected chi connectivity index (χ2v) is 7.53. The smallest absolute Gasteiger partial charge is 0.249 e. The largest absolute Gasteiger partial charge is 0.343 e. The minimum Gasteiger partial charge on any atom is -0.343 e. The second kappa shape index (κ2) is 9.90. The lowest BCUT2D eigenvalue weighted by Gasteiger charge is -2.28. The predicted molar refractivity (Wildman–Crippen MR) is 120 cm³/mol. The van der Waals surface area contributed by atoms with Gasteiger partial charge in [0.1, 0.15) is 6.04 Å². The Morgan fingerprint density at radius 1 is 1.14 bits per heavy atom. The monoisotopic (exact) mass is 415 g/mol. The Labute approximate surface area is 179 Å². The summed E-state index contributed by atoms with van der Waals surface area (Å²) < 4.78 is 0. The van der Waals surface area contributed by atoms with Gasteiger partial charge in [-0.3, -0.25) is 9.59 Å². The maximum absolute atomic E-state index is 13.5. The first-order valence-corrected chi connectivity index (χ1v) is 9.84. The summed E-state index contributed by atoms with van der Waals surface area (Å²) in [6, 6.07) is 13.4. The van der Waals surface area contributed by atoms with Gasteiger partial charge >= 0.3 is 0 Å². The average Bonchev–Trinajstić information content (AvgIpc) is 2.82. The molecule has 0 fully saturated rings. The number of hydrogen-bond donors (Lipinski definition) is 2. The number of benzene rings is 2. The van der Waals surface area contributed by atoms with Gasteiger partial charge in [0.2, 0.25) is 11.8 Å². The van der Waals surface area contributed by atoms with Crippen molar-refractivity contribution in [2.24, 2.45) is 0 Å². The van der Waals surface area contributed by atoms with Crippen LogP contribution in [0, 0.1) is 13.8 Å². The summed E-state index contributed by atoms with van der Waals surface area (Å²) in [5.74, 6) is -0.205. The van der Waals surface area contributed by atoms with E-state index in [-0.39, 0.29) is 30.3 Å². The maximum Gasteiger partial charge on any atom is 0.249 e. The van der Waals surface area contributed by atoms with Crippen LogP contribution in [-0.2, 0) is 22.6 Å². The van der Waals surface area contributed by atoms with E-state index >= 15 is 0 Å². The topological polar surface area (TPSA) is 61.4 Å². The maximum atomic E-state index is 13.5. The molecule has 0 radical (unpaired) electrons. The van der Waals surface area contributed by atoms with Gasteiger partial charge in [0.15, 0.2) is 0 Å². The molecule has 0 aromatic heterocycles. The Morgan fingerprint density at radius 3 is 2.45 bits per heavy atom. The summed E-state index contributed by atoms with van der Waals surface area (Å²) in [5.41, 5.74) is 5.56. The van der Waals surface area contributed by atoms with Crippen LogP contribution in [-0.4, -0.2) is 30.9 Å². The summed E-state index contributed by atoms with van der Waals surface area (Å²) in [6.07, 6.45) is 1.35. The van der Waals surface area contributed by atoms with Gasteiger partial charge in [-0.1, -0.05) is 36.4 Å². The Bertz CT molecular complexity index is 864. The third-order valence-corrected chi connectivity index (χ3v) is 5.65. The molecule has 1 heterocycles. The lowest BCUT2D eigenvalue weighted by molar-refractivity contribution is -0.128. The fourth-order valence-corrected chi connectivity index (χ4v) is 3.70. The van der Waals surface area contributed by atoms with Crippen LogP contribution >= 0.6 is 12.4 Å². The highest BCUT2D eigenvalue weighted by Gasteiger charge is 2.32. The molecule has 0 saturated carbocycles. The standard InChI is InChI=1S/C23H29N3O2.ClH/c1-15-8-7-9-16(2)19(15)14-26-21-11-6-5-10-18(21)12-13-20(23(26)28)25-22(27)17(3)24-4;/h5-11,17,20,24H,12-14H2,1-4H3,(H,25,27);1H/t17-,20-;/m0./s1. The number of carbonyl (C=O) groups is 2. The average molecular weight is 416 g/mol.